The van der Waals surface area contributed by atoms with Crippen LogP contribution in [0.3, 0.4) is 0 Å². The van der Waals surface area contributed by atoms with Crippen molar-refractivity contribution in [3.63, 3.8) is 0 Å². The lowest BCUT2D eigenvalue weighted by atomic mass is 9.13. The van der Waals surface area contributed by atoms with Crippen LogP contribution in [0.2, 0.25) is 0 Å². The first kappa shape index (κ1) is 37.2. The monoisotopic (exact) mass is 748 g/mol. The summed E-state index contributed by atoms with van der Waals surface area (Å²) >= 11 is 0. The van der Waals surface area contributed by atoms with Gasteiger partial charge in [-0.2, -0.15) is 16.4 Å². The van der Waals surface area contributed by atoms with Gasteiger partial charge in [-0.3, -0.25) is 0 Å². The second-order valence-corrected chi connectivity index (χ2v) is 16.5. The normalized spacial score (nSPS) is 11.4. The summed E-state index contributed by atoms with van der Waals surface area (Å²) in [6.07, 6.45) is -2.72. The molecule has 8 rings (SSSR count). The Hall–Kier alpha value is -6.10. The Balaban J connectivity index is 0.000000172. The third-order valence-electron chi connectivity index (χ3n) is 10.1. The van der Waals surface area contributed by atoms with Gasteiger partial charge in [0.15, 0.2) is 17.5 Å². The van der Waals surface area contributed by atoms with Gasteiger partial charge in [0, 0.05) is 0 Å². The van der Waals surface area contributed by atoms with Crippen molar-refractivity contribution in [2.75, 3.05) is 0 Å². The molecule has 0 saturated heterocycles. The van der Waals surface area contributed by atoms with Gasteiger partial charge >= 0.3 is 0 Å². The van der Waals surface area contributed by atoms with E-state index in [4.69, 9.17) is 0 Å². The van der Waals surface area contributed by atoms with E-state index in [1.807, 2.05) is 0 Å². The van der Waals surface area contributed by atoms with Crippen molar-refractivity contribution >= 4 is 56.5 Å². The van der Waals surface area contributed by atoms with Crippen molar-refractivity contribution in [2.45, 2.75) is 0 Å². The molecule has 270 valence electrons. The highest BCUT2D eigenvalue weighted by Gasteiger charge is 2.47. The third-order valence-corrected chi connectivity index (χ3v) is 14.4. The zero-order chi connectivity index (χ0) is 38.3. The molecule has 0 fully saturated rings. The van der Waals surface area contributed by atoms with Crippen molar-refractivity contribution in [1.82, 2.24) is 0 Å². The highest BCUT2D eigenvalue weighted by atomic mass is 31.2. The lowest BCUT2D eigenvalue weighted by Gasteiger charge is -2.44. The molecule has 0 nitrogen and oxygen atoms in total. The first-order valence-corrected chi connectivity index (χ1v) is 19.7. The fourth-order valence-electron chi connectivity index (χ4n) is 7.81. The quantitative estimate of drug-likeness (QED) is 0.0485. The van der Waals surface area contributed by atoms with Gasteiger partial charge in [-0.15, -0.1) is 5.46 Å². The fraction of sp³-hybridized carbons (Fsp3) is 0. The van der Waals surface area contributed by atoms with Gasteiger partial charge in [-0.25, -0.2) is 22.0 Å². The highest BCUT2D eigenvalue weighted by molar-refractivity contribution is 8.01. The molecule has 0 aliphatic carbocycles. The predicted molar refractivity (Wildman–Crippen MR) is 221 cm³/mol. The summed E-state index contributed by atoms with van der Waals surface area (Å²) in [5.41, 5.74) is 0.435. The van der Waals surface area contributed by atoms with E-state index in [1.54, 1.807) is 91.0 Å². The SMILES string of the molecule is Fc1c(F)c(F)c([B-](c2ccccc2)(c2ccccc2)c2ccccc2)c(F)c1F.c1ccc([P+](c2ccccc2)(c2ccccc2)c2ccccc2)cc1. The Morgan fingerprint density at radius 2 is 0.455 bits per heavy atom. The zero-order valence-electron chi connectivity index (χ0n) is 29.6. The third kappa shape index (κ3) is 6.79. The minimum absolute atomic E-state index is 0.429. The maximum atomic E-state index is 15.2. The van der Waals surface area contributed by atoms with E-state index in [1.165, 1.54) is 21.2 Å². The molecule has 7 heteroatoms. The van der Waals surface area contributed by atoms with E-state index >= 15 is 8.78 Å². The molecule has 0 aliphatic heterocycles. The molecule has 0 heterocycles. The van der Waals surface area contributed by atoms with E-state index in [9.17, 15) is 13.2 Å². The van der Waals surface area contributed by atoms with Crippen LogP contribution in [0.5, 0.6) is 0 Å². The lowest BCUT2D eigenvalue weighted by Crippen LogP contribution is -2.76. The molecular weight excluding hydrogens is 713 g/mol. The van der Waals surface area contributed by atoms with Gasteiger partial charge in [-0.05, 0) is 48.5 Å². The van der Waals surface area contributed by atoms with Crippen LogP contribution in [0.15, 0.2) is 212 Å². The minimum Gasteiger partial charge on any atom is -0.207 e. The summed E-state index contributed by atoms with van der Waals surface area (Å²) in [5.74, 6) is -9.76. The average Bonchev–Trinajstić information content (AvgIpc) is 3.27. The molecule has 0 bridgehead atoms. The lowest BCUT2D eigenvalue weighted by molar-refractivity contribution is 0.384. The first-order chi connectivity index (χ1) is 26.9. The van der Waals surface area contributed by atoms with Gasteiger partial charge in [0.1, 0.15) is 46.3 Å². The van der Waals surface area contributed by atoms with Gasteiger partial charge in [0.05, 0.1) is 0 Å². The van der Waals surface area contributed by atoms with Crippen LogP contribution >= 0.6 is 7.26 Å². The van der Waals surface area contributed by atoms with Crippen LogP contribution in [-0.4, -0.2) is 6.15 Å². The van der Waals surface area contributed by atoms with E-state index in [0.717, 1.165) is 0 Å². The largest absolute Gasteiger partial charge is 0.207 e. The van der Waals surface area contributed by atoms with Crippen LogP contribution in [0.25, 0.3) is 0 Å². The van der Waals surface area contributed by atoms with E-state index < -0.39 is 48.0 Å². The van der Waals surface area contributed by atoms with Crippen LogP contribution in [-0.2, 0) is 0 Å². The van der Waals surface area contributed by atoms with Gasteiger partial charge in [-0.1, -0.05) is 164 Å². The molecule has 0 saturated carbocycles. The summed E-state index contributed by atoms with van der Waals surface area (Å²) in [5, 5.41) is 5.55. The number of halogens is 5. The number of hydrogen-bond acceptors (Lipinski definition) is 0. The van der Waals surface area contributed by atoms with Crippen molar-refractivity contribution in [2.24, 2.45) is 0 Å². The Morgan fingerprint density at radius 1 is 0.255 bits per heavy atom. The summed E-state index contributed by atoms with van der Waals surface area (Å²) in [6, 6.07) is 68.8. The molecule has 0 radical (unpaired) electrons. The van der Waals surface area contributed by atoms with Crippen molar-refractivity contribution in [3.05, 3.63) is 241 Å². The second-order valence-electron chi connectivity index (χ2n) is 13.1. The Kier molecular flexibility index (Phi) is 11.2. The maximum absolute atomic E-state index is 15.2. The Bertz CT molecular complexity index is 2160. The standard InChI is InChI=1S/C24H15BF5.C24H20P/c26-20-19(21(27)23(29)24(30)22(20)28)25(16-10-4-1-5-11-16,17-12-6-2-7-13-17)18-14-8-3-9-15-18;1-5-13-21(14-6-1)25(22-15-7-2-8-16-22,23-17-9-3-10-18-23)24-19-11-4-12-20-24/h1-15H;1-20H/q-1;+1. The summed E-state index contributed by atoms with van der Waals surface area (Å²) in [4.78, 5) is 0. The van der Waals surface area contributed by atoms with Gasteiger partial charge in [0.2, 0.25) is 0 Å². The number of hydrogen-bond donors (Lipinski definition) is 0. The topological polar surface area (TPSA) is 0 Å². The molecule has 0 aliphatic rings. The molecule has 55 heavy (non-hydrogen) atoms. The van der Waals surface area contributed by atoms with Gasteiger partial charge in [0.25, 0.3) is 0 Å². The highest BCUT2D eigenvalue weighted by Crippen LogP contribution is 2.54. The molecule has 8 aromatic rings. The second kappa shape index (κ2) is 16.5. The minimum atomic E-state index is -2.72. The zero-order valence-corrected chi connectivity index (χ0v) is 30.5. The number of rotatable bonds is 8. The molecule has 0 unspecified atom stereocenters. The summed E-state index contributed by atoms with van der Waals surface area (Å²) < 4.78 is 73.0. The van der Waals surface area contributed by atoms with E-state index in [-0.39, 0.29) is 0 Å². The van der Waals surface area contributed by atoms with Crippen molar-refractivity contribution in [1.29, 1.82) is 0 Å². The molecule has 0 atom stereocenters. The van der Waals surface area contributed by atoms with Crippen molar-refractivity contribution < 1.29 is 22.0 Å². The fourth-order valence-corrected chi connectivity index (χ4v) is 12.1. The molecule has 0 N–H and O–H groups in total. The van der Waals surface area contributed by atoms with Crippen molar-refractivity contribution in [3.8, 4) is 0 Å². The first-order valence-electron chi connectivity index (χ1n) is 17.9. The van der Waals surface area contributed by atoms with Crippen LogP contribution in [0, 0.1) is 29.1 Å². The predicted octanol–water partition coefficient (Wildman–Crippen LogP) is 8.07. The van der Waals surface area contributed by atoms with E-state index in [2.05, 4.69) is 121 Å². The average molecular weight is 749 g/mol. The Labute approximate surface area is 318 Å². The molecule has 0 spiro atoms. The molecule has 0 amide bonds. The maximum Gasteiger partial charge on any atom is 0.200 e. The van der Waals surface area contributed by atoms with Gasteiger partial charge < -0.3 is 0 Å². The van der Waals surface area contributed by atoms with Crippen LogP contribution < -0.4 is 43.1 Å². The van der Waals surface area contributed by atoms with Crippen LogP contribution in [0.1, 0.15) is 0 Å². The number of benzene rings is 8. The molecule has 8 aromatic carbocycles. The molecule has 0 aromatic heterocycles. The Morgan fingerprint density at radius 3 is 0.691 bits per heavy atom. The summed E-state index contributed by atoms with van der Waals surface area (Å²) in [7, 11) is -1.91. The smallest absolute Gasteiger partial charge is 0.200 e. The molecular formula is C48H35BF5P. The van der Waals surface area contributed by atoms with Crippen LogP contribution in [0.4, 0.5) is 22.0 Å². The van der Waals surface area contributed by atoms with E-state index in [0.29, 0.717) is 16.4 Å². The summed E-state index contributed by atoms with van der Waals surface area (Å²) in [6.45, 7) is 0.